The van der Waals surface area contributed by atoms with Gasteiger partial charge in [0.15, 0.2) is 0 Å². The summed E-state index contributed by atoms with van der Waals surface area (Å²) in [6.45, 7) is 1.87. The molecule has 0 aliphatic carbocycles. The third-order valence-corrected chi connectivity index (χ3v) is 2.44. The Morgan fingerprint density at radius 1 is 1.43 bits per heavy atom. The van der Waals surface area contributed by atoms with Crippen LogP contribution in [0.4, 0.5) is 0 Å². The lowest BCUT2D eigenvalue weighted by Crippen LogP contribution is -1.79. The monoisotopic (exact) mass is 271 g/mol. The summed E-state index contributed by atoms with van der Waals surface area (Å²) in [5.74, 6) is 0.777. The molecule has 0 atom stereocenters. The Morgan fingerprint density at radius 3 is 2.79 bits per heavy atom. The fourth-order valence-electron chi connectivity index (χ4n) is 1.27. The second-order valence-electron chi connectivity index (χ2n) is 2.88. The van der Waals surface area contributed by atoms with Gasteiger partial charge in [-0.2, -0.15) is 0 Å². The molecule has 0 spiro atoms. The Morgan fingerprint density at radius 2 is 2.21 bits per heavy atom. The molecule has 0 radical (unpaired) electrons. The summed E-state index contributed by atoms with van der Waals surface area (Å²) in [4.78, 5) is 4.70. The zero-order chi connectivity index (χ0) is 10.1. The van der Waals surface area contributed by atoms with Crippen molar-refractivity contribution in [2.75, 3.05) is 0 Å². The molecular formula is C10H7BrClNO. The average molecular weight is 273 g/mol. The van der Waals surface area contributed by atoms with Crippen molar-refractivity contribution < 1.29 is 4.42 Å². The zero-order valence-corrected chi connectivity index (χ0v) is 9.76. The molecule has 0 amide bonds. The molecule has 0 N–H and O–H groups in total. The van der Waals surface area contributed by atoms with E-state index in [0.29, 0.717) is 9.82 Å². The van der Waals surface area contributed by atoms with E-state index in [2.05, 4.69) is 20.9 Å². The Hall–Kier alpha value is -0.800. The number of hydrogen-bond donors (Lipinski definition) is 0. The smallest absolute Gasteiger partial charge is 0.264 e. The first-order valence-corrected chi connectivity index (χ1v) is 5.23. The summed E-state index contributed by atoms with van der Waals surface area (Å²) in [6, 6.07) is 7.53. The number of benzene rings is 1. The first kappa shape index (κ1) is 9.74. The minimum absolute atomic E-state index is 0.491. The molecule has 0 unspecified atom stereocenters. The van der Waals surface area contributed by atoms with Crippen molar-refractivity contribution in [3.05, 3.63) is 39.8 Å². The van der Waals surface area contributed by atoms with Crippen LogP contribution < -0.4 is 0 Å². The van der Waals surface area contributed by atoms with Crippen molar-refractivity contribution in [1.29, 1.82) is 0 Å². The molecule has 2 rings (SSSR count). The summed E-state index contributed by atoms with van der Waals surface area (Å²) in [5, 5.41) is 0.695. The van der Waals surface area contributed by atoms with Gasteiger partial charge in [-0.05, 0) is 19.1 Å². The van der Waals surface area contributed by atoms with Crippen LogP contribution in [0.25, 0.3) is 11.3 Å². The predicted octanol–water partition coefficient (Wildman–Crippen LogP) is 4.07. The van der Waals surface area contributed by atoms with Crippen molar-refractivity contribution in [2.24, 2.45) is 0 Å². The summed E-state index contributed by atoms with van der Waals surface area (Å²) in [5.41, 5.74) is 1.78. The van der Waals surface area contributed by atoms with Gasteiger partial charge in [0.25, 0.3) is 4.80 Å². The van der Waals surface area contributed by atoms with Crippen molar-refractivity contribution in [3.8, 4) is 11.3 Å². The van der Waals surface area contributed by atoms with Gasteiger partial charge >= 0.3 is 0 Å². The van der Waals surface area contributed by atoms with E-state index in [4.69, 9.17) is 16.0 Å². The van der Waals surface area contributed by atoms with Gasteiger partial charge in [-0.1, -0.05) is 23.7 Å². The fourth-order valence-corrected chi connectivity index (χ4v) is 1.88. The van der Waals surface area contributed by atoms with Gasteiger partial charge in [0.1, 0.15) is 11.5 Å². The molecular weight excluding hydrogens is 265 g/mol. The highest BCUT2D eigenvalue weighted by Gasteiger charge is 2.09. The Labute approximate surface area is 95.0 Å². The number of aromatic nitrogens is 1. The normalized spacial score (nSPS) is 10.5. The van der Waals surface area contributed by atoms with E-state index in [1.54, 1.807) is 0 Å². The van der Waals surface area contributed by atoms with E-state index < -0.39 is 0 Å². The Balaban J connectivity index is 2.54. The van der Waals surface area contributed by atoms with Crippen molar-refractivity contribution in [3.63, 3.8) is 0 Å². The Bertz CT molecular complexity index is 467. The molecule has 1 aromatic carbocycles. The molecule has 1 aromatic heterocycles. The highest BCUT2D eigenvalue weighted by molar-refractivity contribution is 9.10. The molecule has 2 nitrogen and oxygen atoms in total. The first-order valence-electron chi connectivity index (χ1n) is 4.05. The molecule has 1 heterocycles. The molecule has 72 valence electrons. The maximum Gasteiger partial charge on any atom is 0.264 e. The second kappa shape index (κ2) is 3.75. The van der Waals surface area contributed by atoms with Crippen LogP contribution in [-0.4, -0.2) is 4.98 Å². The van der Waals surface area contributed by atoms with Crippen molar-refractivity contribution in [1.82, 2.24) is 4.98 Å². The van der Waals surface area contributed by atoms with Crippen molar-refractivity contribution >= 4 is 27.5 Å². The highest BCUT2D eigenvalue weighted by atomic mass is 79.9. The molecule has 0 saturated heterocycles. The summed E-state index contributed by atoms with van der Waals surface area (Å²) < 4.78 is 5.27. The SMILES string of the molecule is Cc1oc(Br)nc1-c1cccc(Cl)c1. The van der Waals surface area contributed by atoms with Gasteiger partial charge in [0.05, 0.1) is 0 Å². The lowest BCUT2D eigenvalue weighted by atomic mass is 10.1. The Kier molecular flexibility index (Phi) is 2.61. The van der Waals surface area contributed by atoms with Crippen LogP contribution in [0.15, 0.2) is 33.5 Å². The molecule has 2 aromatic rings. The van der Waals surface area contributed by atoms with E-state index >= 15 is 0 Å². The van der Waals surface area contributed by atoms with E-state index in [1.807, 2.05) is 31.2 Å². The third-order valence-electron chi connectivity index (χ3n) is 1.87. The minimum atomic E-state index is 0.491. The molecule has 0 saturated carbocycles. The number of halogens is 2. The van der Waals surface area contributed by atoms with Crippen LogP contribution in [-0.2, 0) is 0 Å². The molecule has 0 fully saturated rings. The maximum atomic E-state index is 5.88. The molecule has 14 heavy (non-hydrogen) atoms. The second-order valence-corrected chi connectivity index (χ2v) is 4.00. The number of hydrogen-bond acceptors (Lipinski definition) is 2. The summed E-state index contributed by atoms with van der Waals surface area (Å²) in [6.07, 6.45) is 0. The van der Waals surface area contributed by atoms with Gasteiger partial charge in [0, 0.05) is 26.5 Å². The van der Waals surface area contributed by atoms with E-state index in [1.165, 1.54) is 0 Å². The van der Waals surface area contributed by atoms with E-state index in [0.717, 1.165) is 17.0 Å². The van der Waals surface area contributed by atoms with Crippen LogP contribution in [0.3, 0.4) is 0 Å². The number of oxazole rings is 1. The van der Waals surface area contributed by atoms with Gasteiger partial charge in [-0.25, -0.2) is 4.98 Å². The molecule has 0 aliphatic rings. The molecule has 4 heteroatoms. The largest absolute Gasteiger partial charge is 0.436 e. The predicted molar refractivity (Wildman–Crippen MR) is 59.4 cm³/mol. The van der Waals surface area contributed by atoms with E-state index in [-0.39, 0.29) is 0 Å². The fraction of sp³-hybridized carbons (Fsp3) is 0.100. The number of nitrogens with zero attached hydrogens (tertiary/aromatic N) is 1. The van der Waals surface area contributed by atoms with Crippen LogP contribution >= 0.6 is 27.5 Å². The van der Waals surface area contributed by atoms with Gasteiger partial charge in [-0.15, -0.1) is 0 Å². The highest BCUT2D eigenvalue weighted by Crippen LogP contribution is 2.27. The standard InChI is InChI=1S/C10H7BrClNO/c1-6-9(13-10(11)14-6)7-3-2-4-8(12)5-7/h2-5H,1H3. The number of aryl methyl sites for hydroxylation is 1. The van der Waals surface area contributed by atoms with Crippen LogP contribution in [0.5, 0.6) is 0 Å². The van der Waals surface area contributed by atoms with Crippen LogP contribution in [0, 0.1) is 6.92 Å². The maximum absolute atomic E-state index is 5.88. The summed E-state index contributed by atoms with van der Waals surface area (Å²) in [7, 11) is 0. The summed E-state index contributed by atoms with van der Waals surface area (Å²) >= 11 is 9.07. The average Bonchev–Trinajstić information content (AvgIpc) is 2.45. The minimum Gasteiger partial charge on any atom is -0.436 e. The lowest BCUT2D eigenvalue weighted by Gasteiger charge is -1.97. The van der Waals surface area contributed by atoms with E-state index in [9.17, 15) is 0 Å². The van der Waals surface area contributed by atoms with Gasteiger partial charge < -0.3 is 4.42 Å². The van der Waals surface area contributed by atoms with Crippen LogP contribution in [0.1, 0.15) is 5.76 Å². The van der Waals surface area contributed by atoms with Gasteiger partial charge in [0.2, 0.25) is 0 Å². The topological polar surface area (TPSA) is 26.0 Å². The molecule has 0 aliphatic heterocycles. The quantitative estimate of drug-likeness (QED) is 0.782. The number of rotatable bonds is 1. The first-order chi connectivity index (χ1) is 6.66. The molecule has 0 bridgehead atoms. The van der Waals surface area contributed by atoms with Crippen molar-refractivity contribution in [2.45, 2.75) is 6.92 Å². The van der Waals surface area contributed by atoms with Gasteiger partial charge in [-0.3, -0.25) is 0 Å². The van der Waals surface area contributed by atoms with Crippen LogP contribution in [0.2, 0.25) is 5.02 Å². The zero-order valence-electron chi connectivity index (χ0n) is 7.42. The third kappa shape index (κ3) is 1.83. The lowest BCUT2D eigenvalue weighted by molar-refractivity contribution is 0.501.